The van der Waals surface area contributed by atoms with E-state index in [1.54, 1.807) is 0 Å². The van der Waals surface area contributed by atoms with Gasteiger partial charge in [-0.15, -0.1) is 0 Å². The number of hydrogen-bond acceptors (Lipinski definition) is 5. The van der Waals surface area contributed by atoms with E-state index in [9.17, 15) is 23.1 Å². The molecule has 0 aromatic carbocycles. The average Bonchev–Trinajstić information content (AvgIpc) is 2.45. The Bertz CT molecular complexity index is 493. The van der Waals surface area contributed by atoms with Gasteiger partial charge in [0, 0.05) is 0 Å². The highest BCUT2D eigenvalue weighted by Crippen LogP contribution is 2.34. The third-order valence-electron chi connectivity index (χ3n) is 4.28. The van der Waals surface area contributed by atoms with Gasteiger partial charge in [0.15, 0.2) is 5.25 Å². The second-order valence-electron chi connectivity index (χ2n) is 5.55. The first-order chi connectivity index (χ1) is 9.68. The van der Waals surface area contributed by atoms with Gasteiger partial charge in [-0.05, 0) is 38.5 Å². The van der Waals surface area contributed by atoms with Crippen LogP contribution in [0.2, 0.25) is 0 Å². The van der Waals surface area contributed by atoms with Crippen molar-refractivity contribution in [2.24, 2.45) is 5.92 Å². The number of nitrogens with one attached hydrogen (secondary N) is 1. The Morgan fingerprint density at radius 1 is 1.38 bits per heavy atom. The van der Waals surface area contributed by atoms with Crippen LogP contribution in [-0.4, -0.2) is 43.4 Å². The number of carbonyl (C=O) groups excluding carboxylic acids is 1. The van der Waals surface area contributed by atoms with Crippen LogP contribution in [0.5, 0.6) is 0 Å². The summed E-state index contributed by atoms with van der Waals surface area (Å²) in [6.45, 7) is 3.21. The normalized spacial score (nSPS) is 27.9. The van der Waals surface area contributed by atoms with Gasteiger partial charge in [0.25, 0.3) is 0 Å². The van der Waals surface area contributed by atoms with E-state index >= 15 is 0 Å². The zero-order chi connectivity index (χ0) is 16.3. The Kier molecular flexibility index (Phi) is 5.75. The Morgan fingerprint density at radius 2 is 1.90 bits per heavy atom. The third kappa shape index (κ3) is 3.94. The molecular formula is C13H23NO6S. The lowest BCUT2D eigenvalue weighted by molar-refractivity contribution is -0.146. The number of carboxylic acid groups (broad SMARTS) is 1. The smallest absolute Gasteiger partial charge is 0.325 e. The van der Waals surface area contributed by atoms with Crippen molar-refractivity contribution in [3.05, 3.63) is 0 Å². The molecule has 0 bridgehead atoms. The van der Waals surface area contributed by atoms with Crippen LogP contribution in [0.15, 0.2) is 0 Å². The molecule has 0 aromatic rings. The van der Waals surface area contributed by atoms with E-state index in [0.29, 0.717) is 18.8 Å². The number of aliphatic carboxylic acids is 1. The molecule has 0 aliphatic heterocycles. The van der Waals surface area contributed by atoms with E-state index in [1.165, 1.54) is 6.92 Å². The van der Waals surface area contributed by atoms with Crippen molar-refractivity contribution in [3.8, 4) is 0 Å². The Morgan fingerprint density at radius 3 is 2.29 bits per heavy atom. The largest absolute Gasteiger partial charge is 0.480 e. The zero-order valence-corrected chi connectivity index (χ0v) is 13.4. The third-order valence-corrected chi connectivity index (χ3v) is 6.08. The number of sulfonamides is 1. The van der Waals surface area contributed by atoms with Gasteiger partial charge in [0.2, 0.25) is 10.0 Å². The number of rotatable bonds is 6. The van der Waals surface area contributed by atoms with Crippen LogP contribution >= 0.6 is 0 Å². The van der Waals surface area contributed by atoms with Crippen LogP contribution < -0.4 is 4.72 Å². The fourth-order valence-corrected chi connectivity index (χ4v) is 3.95. The molecule has 1 aliphatic carbocycles. The van der Waals surface area contributed by atoms with Crippen molar-refractivity contribution < 1.29 is 27.9 Å². The number of carbonyl (C=O) groups is 2. The van der Waals surface area contributed by atoms with Crippen LogP contribution in [0, 0.1) is 5.92 Å². The van der Waals surface area contributed by atoms with Crippen LogP contribution in [0.3, 0.4) is 0 Å². The lowest BCUT2D eigenvalue weighted by Gasteiger charge is -2.37. The first kappa shape index (κ1) is 17.9. The molecule has 1 saturated carbocycles. The minimum atomic E-state index is -4.10. The van der Waals surface area contributed by atoms with Crippen molar-refractivity contribution in [2.75, 3.05) is 7.11 Å². The Balaban J connectivity index is 2.94. The molecule has 0 spiro atoms. The molecule has 0 heterocycles. The van der Waals surface area contributed by atoms with Crippen LogP contribution in [0.1, 0.15) is 46.0 Å². The van der Waals surface area contributed by atoms with Crippen molar-refractivity contribution in [2.45, 2.75) is 56.7 Å². The topological polar surface area (TPSA) is 110 Å². The van der Waals surface area contributed by atoms with Crippen molar-refractivity contribution in [1.29, 1.82) is 0 Å². The van der Waals surface area contributed by atoms with Crippen molar-refractivity contribution in [3.63, 3.8) is 0 Å². The second-order valence-corrected chi connectivity index (χ2v) is 7.55. The van der Waals surface area contributed by atoms with Gasteiger partial charge in [-0.3, -0.25) is 9.59 Å². The van der Waals surface area contributed by atoms with Gasteiger partial charge in [-0.1, -0.05) is 13.3 Å². The van der Waals surface area contributed by atoms with Gasteiger partial charge >= 0.3 is 11.9 Å². The molecule has 0 radical (unpaired) electrons. The molecule has 21 heavy (non-hydrogen) atoms. The Labute approximate surface area is 125 Å². The standard InChI is InChI=1S/C13H23NO6S/c1-4-10-5-7-13(8-6-10,12(16)17)14-21(18,19)9(2)11(15)20-3/h9-10,14H,4-8H2,1-3H3,(H,16,17). The first-order valence-electron chi connectivity index (χ1n) is 7.02. The summed E-state index contributed by atoms with van der Waals surface area (Å²) < 4.78 is 31.0. The minimum absolute atomic E-state index is 0.230. The van der Waals surface area contributed by atoms with Gasteiger partial charge in [0.1, 0.15) is 5.54 Å². The van der Waals surface area contributed by atoms with E-state index in [2.05, 4.69) is 9.46 Å². The van der Waals surface area contributed by atoms with Crippen LogP contribution in [0.4, 0.5) is 0 Å². The quantitative estimate of drug-likeness (QED) is 0.703. The first-order valence-corrected chi connectivity index (χ1v) is 8.57. The van der Waals surface area contributed by atoms with Crippen molar-refractivity contribution in [1.82, 2.24) is 4.72 Å². The van der Waals surface area contributed by atoms with E-state index in [-0.39, 0.29) is 12.8 Å². The molecule has 1 rings (SSSR count). The highest BCUT2D eigenvalue weighted by Gasteiger charge is 2.46. The summed E-state index contributed by atoms with van der Waals surface area (Å²) in [6, 6.07) is 0. The molecule has 8 heteroatoms. The number of esters is 1. The van der Waals surface area contributed by atoms with Crippen LogP contribution in [0.25, 0.3) is 0 Å². The summed E-state index contributed by atoms with van der Waals surface area (Å²) in [5, 5.41) is 8.00. The van der Waals surface area contributed by atoms with E-state index in [4.69, 9.17) is 0 Å². The summed E-state index contributed by atoms with van der Waals surface area (Å²) in [7, 11) is -3.01. The summed E-state index contributed by atoms with van der Waals surface area (Å²) in [5.41, 5.74) is -1.52. The van der Waals surface area contributed by atoms with E-state index in [0.717, 1.165) is 13.5 Å². The molecule has 122 valence electrons. The molecule has 1 aliphatic rings. The number of methoxy groups -OCH3 is 1. The average molecular weight is 321 g/mol. The second kappa shape index (κ2) is 6.74. The number of carboxylic acids is 1. The highest BCUT2D eigenvalue weighted by molar-refractivity contribution is 7.90. The number of hydrogen-bond donors (Lipinski definition) is 2. The molecule has 2 N–H and O–H groups in total. The van der Waals surface area contributed by atoms with Crippen LogP contribution in [-0.2, 0) is 24.3 Å². The summed E-state index contributed by atoms with van der Waals surface area (Å²) >= 11 is 0. The fraction of sp³-hybridized carbons (Fsp3) is 0.846. The molecule has 0 saturated heterocycles. The molecule has 1 atom stereocenters. The van der Waals surface area contributed by atoms with Gasteiger partial charge < -0.3 is 9.84 Å². The van der Waals surface area contributed by atoms with E-state index < -0.39 is 32.8 Å². The van der Waals surface area contributed by atoms with Crippen molar-refractivity contribution >= 4 is 22.0 Å². The predicted octanol–water partition coefficient (Wildman–Crippen LogP) is 0.891. The maximum atomic E-state index is 12.2. The van der Waals surface area contributed by atoms with Gasteiger partial charge in [-0.2, -0.15) is 4.72 Å². The van der Waals surface area contributed by atoms with Gasteiger partial charge in [-0.25, -0.2) is 8.42 Å². The summed E-state index contributed by atoms with van der Waals surface area (Å²) in [6.07, 6.45) is 2.71. The summed E-state index contributed by atoms with van der Waals surface area (Å²) in [4.78, 5) is 23.0. The monoisotopic (exact) mass is 321 g/mol. The molecule has 1 fully saturated rings. The Hall–Kier alpha value is -1.15. The molecule has 7 nitrogen and oxygen atoms in total. The number of ether oxygens (including phenoxy) is 1. The molecule has 0 aromatic heterocycles. The lowest BCUT2D eigenvalue weighted by atomic mass is 9.76. The maximum absolute atomic E-state index is 12.2. The SMILES string of the molecule is CCC1CCC(NS(=O)(=O)C(C)C(=O)OC)(C(=O)O)CC1. The predicted molar refractivity (Wildman–Crippen MR) is 76.1 cm³/mol. The zero-order valence-electron chi connectivity index (χ0n) is 12.6. The van der Waals surface area contributed by atoms with E-state index in [1.807, 2.05) is 6.92 Å². The molecule has 1 unspecified atom stereocenters. The minimum Gasteiger partial charge on any atom is -0.480 e. The van der Waals surface area contributed by atoms with Gasteiger partial charge in [0.05, 0.1) is 7.11 Å². The molecule has 0 amide bonds. The lowest BCUT2D eigenvalue weighted by Crippen LogP contribution is -2.58. The molecular weight excluding hydrogens is 298 g/mol. The summed E-state index contributed by atoms with van der Waals surface area (Å²) in [5.74, 6) is -1.69. The highest BCUT2D eigenvalue weighted by atomic mass is 32.2. The fourth-order valence-electron chi connectivity index (χ4n) is 2.59. The maximum Gasteiger partial charge on any atom is 0.325 e.